The Morgan fingerprint density at radius 2 is 0.696 bits per heavy atom. The molecule has 0 radical (unpaired) electrons. The summed E-state index contributed by atoms with van der Waals surface area (Å²) in [5.41, 5.74) is 7.30. The Hall–Kier alpha value is -5.42. The summed E-state index contributed by atoms with van der Waals surface area (Å²) in [5, 5.41) is 10.3. The van der Waals surface area contributed by atoms with Crippen molar-refractivity contribution in [3.8, 4) is 11.4 Å². The van der Waals surface area contributed by atoms with Crippen LogP contribution in [-0.2, 0) is 0 Å². The summed E-state index contributed by atoms with van der Waals surface area (Å²) in [6.45, 7) is 0. The highest BCUT2D eigenvalue weighted by molar-refractivity contribution is 7.26. The Morgan fingerprint density at radius 3 is 1.17 bits per heavy atom. The molecule has 214 valence electrons. The van der Waals surface area contributed by atoms with E-state index in [1.54, 1.807) is 0 Å². The second-order valence-corrected chi connectivity index (χ2v) is 14.3. The Balaban J connectivity index is 1.32. The van der Waals surface area contributed by atoms with E-state index in [-0.39, 0.29) is 0 Å². The predicted octanol–water partition coefficient (Wildman–Crippen LogP) is 12.6. The van der Waals surface area contributed by atoms with Crippen molar-refractivity contribution in [3.63, 3.8) is 0 Å². The van der Waals surface area contributed by atoms with Gasteiger partial charge in [0.05, 0.1) is 22.1 Å². The number of rotatable bonds is 2. The van der Waals surface area contributed by atoms with Crippen LogP contribution in [0.15, 0.2) is 146 Å². The van der Waals surface area contributed by atoms with E-state index in [1.165, 1.54) is 95.3 Å². The third kappa shape index (κ3) is 3.24. The topological polar surface area (TPSA) is 9.86 Å². The number of fused-ring (bicyclic) bond motifs is 13. The summed E-state index contributed by atoms with van der Waals surface area (Å²) in [6, 6.07) is 54.0. The number of hydrogen-bond donors (Lipinski definition) is 0. The largest absolute Gasteiger partial charge is 0.307 e. The Morgan fingerprint density at radius 1 is 0.304 bits per heavy atom. The molecule has 0 aliphatic rings. The van der Waals surface area contributed by atoms with Crippen LogP contribution in [0, 0.1) is 0 Å². The number of benzene rings is 7. The summed E-state index contributed by atoms with van der Waals surface area (Å²) < 4.78 is 10.3. The van der Waals surface area contributed by atoms with Crippen molar-refractivity contribution >= 4 is 107 Å². The molecule has 11 rings (SSSR count). The van der Waals surface area contributed by atoms with Gasteiger partial charge in [0, 0.05) is 73.3 Å². The zero-order valence-corrected chi connectivity index (χ0v) is 26.2. The summed E-state index contributed by atoms with van der Waals surface area (Å²) in [4.78, 5) is 0. The van der Waals surface area contributed by atoms with Gasteiger partial charge in [-0.15, -0.1) is 22.7 Å². The van der Waals surface area contributed by atoms with Gasteiger partial charge in [0.15, 0.2) is 0 Å². The second-order valence-electron chi connectivity index (χ2n) is 12.1. The maximum atomic E-state index is 2.51. The molecule has 0 fully saturated rings. The van der Waals surface area contributed by atoms with E-state index in [2.05, 4.69) is 155 Å². The van der Waals surface area contributed by atoms with Gasteiger partial charge in [-0.1, -0.05) is 84.9 Å². The standard InChI is InChI=1S/C42H24N2S2/c1-5-13-35-27(9-1)31-19-20-32-28-10-2-6-14-36(28)44(26-18-22-40-34(24-26)30-12-4-8-16-38(30)46-40)42(32)41(31)43(35)25-17-21-39-33(23-25)29-11-3-7-15-37(29)45-39/h1-24H. The molecule has 0 saturated carbocycles. The van der Waals surface area contributed by atoms with Gasteiger partial charge < -0.3 is 9.13 Å². The minimum Gasteiger partial charge on any atom is -0.307 e. The molecule has 2 nitrogen and oxygen atoms in total. The summed E-state index contributed by atoms with van der Waals surface area (Å²) in [5.74, 6) is 0. The van der Waals surface area contributed by atoms with E-state index in [0.717, 1.165) is 0 Å². The minimum absolute atomic E-state index is 1.19. The van der Waals surface area contributed by atoms with Crippen LogP contribution in [0.4, 0.5) is 0 Å². The minimum atomic E-state index is 1.19. The SMILES string of the molecule is c1ccc2c(c1)sc1ccc(-n3c4ccccc4c4ccc5c6ccccc6n(-c6ccc7sc8ccccc8c7c6)c5c43)cc12. The zero-order valence-electron chi connectivity index (χ0n) is 24.6. The van der Waals surface area contributed by atoms with E-state index in [9.17, 15) is 0 Å². The highest BCUT2D eigenvalue weighted by Crippen LogP contribution is 2.44. The van der Waals surface area contributed by atoms with Crippen molar-refractivity contribution in [2.75, 3.05) is 0 Å². The van der Waals surface area contributed by atoms with Crippen LogP contribution in [0.1, 0.15) is 0 Å². The molecule has 4 heterocycles. The van der Waals surface area contributed by atoms with Gasteiger partial charge in [-0.25, -0.2) is 0 Å². The van der Waals surface area contributed by atoms with Crippen LogP contribution in [0.3, 0.4) is 0 Å². The first kappa shape index (κ1) is 24.8. The Bertz CT molecular complexity index is 2830. The average molecular weight is 621 g/mol. The molecule has 11 aromatic rings. The van der Waals surface area contributed by atoms with Gasteiger partial charge in [-0.05, 0) is 60.7 Å². The molecular formula is C42H24N2S2. The van der Waals surface area contributed by atoms with Gasteiger partial charge in [-0.3, -0.25) is 0 Å². The number of hydrogen-bond acceptors (Lipinski definition) is 2. The lowest BCUT2D eigenvalue weighted by molar-refractivity contribution is 1.15. The number of thiophene rings is 2. The van der Waals surface area contributed by atoms with Crippen molar-refractivity contribution < 1.29 is 0 Å². The zero-order chi connectivity index (χ0) is 29.9. The highest BCUT2D eigenvalue weighted by atomic mass is 32.1. The number of aromatic nitrogens is 2. The molecule has 0 unspecified atom stereocenters. The van der Waals surface area contributed by atoms with Crippen LogP contribution in [0.25, 0.3) is 95.3 Å². The Kier molecular flexibility index (Phi) is 4.90. The first-order chi connectivity index (χ1) is 22.8. The predicted molar refractivity (Wildman–Crippen MR) is 201 cm³/mol. The van der Waals surface area contributed by atoms with E-state index < -0.39 is 0 Å². The first-order valence-corrected chi connectivity index (χ1v) is 17.2. The molecule has 4 heteroatoms. The average Bonchev–Trinajstić information content (AvgIpc) is 3.85. The van der Waals surface area contributed by atoms with Crippen LogP contribution in [0.2, 0.25) is 0 Å². The number of para-hydroxylation sites is 2. The van der Waals surface area contributed by atoms with Crippen LogP contribution >= 0.6 is 22.7 Å². The van der Waals surface area contributed by atoms with Crippen molar-refractivity contribution in [1.82, 2.24) is 9.13 Å². The maximum Gasteiger partial charge on any atom is 0.0788 e. The van der Waals surface area contributed by atoms with E-state index in [1.807, 2.05) is 22.7 Å². The highest BCUT2D eigenvalue weighted by Gasteiger charge is 2.22. The molecule has 0 N–H and O–H groups in total. The lowest BCUT2D eigenvalue weighted by atomic mass is 10.1. The van der Waals surface area contributed by atoms with Crippen molar-refractivity contribution in [2.45, 2.75) is 0 Å². The Labute approximate surface area is 271 Å². The van der Waals surface area contributed by atoms with Crippen molar-refractivity contribution in [1.29, 1.82) is 0 Å². The first-order valence-electron chi connectivity index (χ1n) is 15.6. The van der Waals surface area contributed by atoms with Gasteiger partial charge in [0.1, 0.15) is 0 Å². The lowest BCUT2D eigenvalue weighted by Crippen LogP contribution is -1.98. The van der Waals surface area contributed by atoms with Crippen LogP contribution < -0.4 is 0 Å². The summed E-state index contributed by atoms with van der Waals surface area (Å²) in [7, 11) is 0. The lowest BCUT2D eigenvalue weighted by Gasteiger charge is -2.13. The van der Waals surface area contributed by atoms with E-state index in [0.29, 0.717) is 0 Å². The molecule has 0 aliphatic heterocycles. The molecule has 4 aromatic heterocycles. The fraction of sp³-hybridized carbons (Fsp3) is 0. The summed E-state index contributed by atoms with van der Waals surface area (Å²) in [6.07, 6.45) is 0. The van der Waals surface area contributed by atoms with E-state index >= 15 is 0 Å². The molecular weight excluding hydrogens is 597 g/mol. The van der Waals surface area contributed by atoms with Crippen LogP contribution in [0.5, 0.6) is 0 Å². The van der Waals surface area contributed by atoms with Crippen molar-refractivity contribution in [2.24, 2.45) is 0 Å². The smallest absolute Gasteiger partial charge is 0.0788 e. The monoisotopic (exact) mass is 620 g/mol. The van der Waals surface area contributed by atoms with Gasteiger partial charge in [-0.2, -0.15) is 0 Å². The fourth-order valence-corrected chi connectivity index (χ4v) is 9.92. The molecule has 0 bridgehead atoms. The van der Waals surface area contributed by atoms with Gasteiger partial charge >= 0.3 is 0 Å². The van der Waals surface area contributed by atoms with Gasteiger partial charge in [0.25, 0.3) is 0 Å². The van der Waals surface area contributed by atoms with Crippen LogP contribution in [-0.4, -0.2) is 9.13 Å². The fourth-order valence-electron chi connectivity index (χ4n) is 7.74. The molecule has 0 aliphatic carbocycles. The van der Waals surface area contributed by atoms with Crippen molar-refractivity contribution in [3.05, 3.63) is 146 Å². The molecule has 0 saturated heterocycles. The quantitative estimate of drug-likeness (QED) is 0.182. The number of nitrogens with zero attached hydrogens (tertiary/aromatic N) is 2. The normalized spacial score (nSPS) is 12.3. The molecule has 0 amide bonds. The molecule has 46 heavy (non-hydrogen) atoms. The maximum absolute atomic E-state index is 2.51. The summed E-state index contributed by atoms with van der Waals surface area (Å²) >= 11 is 3.74. The third-order valence-corrected chi connectivity index (χ3v) is 12.0. The second kappa shape index (κ2) is 9.07. The molecule has 0 spiro atoms. The molecule has 0 atom stereocenters. The van der Waals surface area contributed by atoms with E-state index in [4.69, 9.17) is 0 Å². The molecule has 7 aromatic carbocycles. The van der Waals surface area contributed by atoms with Gasteiger partial charge in [0.2, 0.25) is 0 Å². The third-order valence-electron chi connectivity index (χ3n) is 9.71.